The third-order valence-electron chi connectivity index (χ3n) is 5.95. The molecule has 1 aliphatic rings. The zero-order valence-corrected chi connectivity index (χ0v) is 19.7. The summed E-state index contributed by atoms with van der Waals surface area (Å²) in [5, 5.41) is 2.96. The Hall–Kier alpha value is -2.45. The molecule has 1 aromatic heterocycles. The second-order valence-electron chi connectivity index (χ2n) is 8.21. The molecule has 168 valence electrons. The molecule has 2 heterocycles. The minimum atomic E-state index is -3.55. The van der Waals surface area contributed by atoms with Crippen LogP contribution in [0.2, 0.25) is 0 Å². The van der Waals surface area contributed by atoms with Gasteiger partial charge in [-0.05, 0) is 52.2 Å². The largest absolute Gasteiger partial charge is 0.496 e. The highest BCUT2D eigenvalue weighted by Crippen LogP contribution is 2.27. The van der Waals surface area contributed by atoms with Gasteiger partial charge in [-0.1, -0.05) is 17.7 Å². The van der Waals surface area contributed by atoms with Gasteiger partial charge in [-0.15, -0.1) is 0 Å². The molecule has 8 heteroatoms. The number of hydrogen-bond acceptors (Lipinski definition) is 5. The van der Waals surface area contributed by atoms with Gasteiger partial charge in [0.2, 0.25) is 15.9 Å². The number of aryl methyl sites for hydroxylation is 3. The lowest BCUT2D eigenvalue weighted by Crippen LogP contribution is -2.43. The van der Waals surface area contributed by atoms with E-state index in [-0.39, 0.29) is 11.8 Å². The standard InChI is InChI=1S/C23H31N3O4S/c1-15-6-7-21(16(2)12-15)31(28,29)26-10-8-19(9-11-26)23(27)25-14-20-18(4)22(30-5)17(3)13-24-20/h6-7,12-13,19H,8-11,14H2,1-5H3,(H,25,27). The Bertz CT molecular complexity index is 1070. The average molecular weight is 446 g/mol. The summed E-state index contributed by atoms with van der Waals surface area (Å²) in [6.45, 7) is 8.61. The van der Waals surface area contributed by atoms with Crippen molar-refractivity contribution in [2.24, 2.45) is 5.92 Å². The van der Waals surface area contributed by atoms with Gasteiger partial charge in [0.15, 0.2) is 0 Å². The van der Waals surface area contributed by atoms with Gasteiger partial charge < -0.3 is 10.1 Å². The van der Waals surface area contributed by atoms with Crippen LogP contribution in [0.4, 0.5) is 0 Å². The number of carbonyl (C=O) groups excluding carboxylic acids is 1. The summed E-state index contributed by atoms with van der Waals surface area (Å²) in [5.74, 6) is 0.506. The molecule has 1 aromatic carbocycles. The Balaban J connectivity index is 1.60. The van der Waals surface area contributed by atoms with E-state index >= 15 is 0 Å². The third-order valence-corrected chi connectivity index (χ3v) is 8.01. The van der Waals surface area contributed by atoms with Crippen LogP contribution in [0.5, 0.6) is 5.75 Å². The molecule has 2 aromatic rings. The highest BCUT2D eigenvalue weighted by molar-refractivity contribution is 7.89. The highest BCUT2D eigenvalue weighted by atomic mass is 32.2. The monoisotopic (exact) mass is 445 g/mol. The number of carbonyl (C=O) groups is 1. The van der Waals surface area contributed by atoms with Crippen molar-refractivity contribution in [3.05, 3.63) is 52.3 Å². The van der Waals surface area contributed by atoms with Crippen LogP contribution >= 0.6 is 0 Å². The van der Waals surface area contributed by atoms with Crippen molar-refractivity contribution in [2.45, 2.75) is 52.0 Å². The Kier molecular flexibility index (Phi) is 7.01. The van der Waals surface area contributed by atoms with Crippen LogP contribution in [0.15, 0.2) is 29.3 Å². The fraction of sp³-hybridized carbons (Fsp3) is 0.478. The molecule has 0 unspecified atom stereocenters. The van der Waals surface area contributed by atoms with Crippen molar-refractivity contribution in [2.75, 3.05) is 20.2 Å². The number of pyridine rings is 1. The maximum atomic E-state index is 13.0. The first-order valence-corrected chi connectivity index (χ1v) is 11.9. The molecular weight excluding hydrogens is 414 g/mol. The summed E-state index contributed by atoms with van der Waals surface area (Å²) in [4.78, 5) is 17.4. The molecular formula is C23H31N3O4S. The van der Waals surface area contributed by atoms with Crippen molar-refractivity contribution >= 4 is 15.9 Å². The van der Waals surface area contributed by atoms with E-state index in [0.717, 1.165) is 33.7 Å². The summed E-state index contributed by atoms with van der Waals surface area (Å²) in [6, 6.07) is 5.36. The van der Waals surface area contributed by atoms with Crippen molar-refractivity contribution in [1.82, 2.24) is 14.6 Å². The number of ether oxygens (including phenoxy) is 1. The molecule has 1 N–H and O–H groups in total. The molecule has 1 amide bonds. The lowest BCUT2D eigenvalue weighted by Gasteiger charge is -2.31. The normalized spacial score (nSPS) is 15.6. The predicted molar refractivity (Wildman–Crippen MR) is 120 cm³/mol. The summed E-state index contributed by atoms with van der Waals surface area (Å²) in [7, 11) is -1.93. The van der Waals surface area contributed by atoms with Gasteiger partial charge in [0, 0.05) is 36.3 Å². The number of piperidine rings is 1. The lowest BCUT2D eigenvalue weighted by molar-refractivity contribution is -0.126. The second-order valence-corrected chi connectivity index (χ2v) is 10.1. The van der Waals surface area contributed by atoms with E-state index in [1.807, 2.05) is 39.8 Å². The Labute approximate surface area is 184 Å². The van der Waals surface area contributed by atoms with Gasteiger partial charge in [0.25, 0.3) is 0 Å². The number of hydrogen-bond donors (Lipinski definition) is 1. The van der Waals surface area contributed by atoms with Crippen molar-refractivity contribution in [1.29, 1.82) is 0 Å². The third kappa shape index (κ3) is 4.91. The molecule has 0 aliphatic carbocycles. The number of nitrogens with zero attached hydrogens (tertiary/aromatic N) is 2. The molecule has 0 saturated carbocycles. The summed E-state index contributed by atoms with van der Waals surface area (Å²) < 4.78 is 33.0. The smallest absolute Gasteiger partial charge is 0.243 e. The number of benzene rings is 1. The molecule has 1 saturated heterocycles. The van der Waals surface area contributed by atoms with E-state index in [1.54, 1.807) is 19.4 Å². The molecule has 1 fully saturated rings. The molecule has 7 nitrogen and oxygen atoms in total. The van der Waals surface area contributed by atoms with Crippen LogP contribution in [0.25, 0.3) is 0 Å². The number of nitrogens with one attached hydrogen (secondary N) is 1. The van der Waals surface area contributed by atoms with E-state index < -0.39 is 10.0 Å². The first kappa shape index (κ1) is 23.2. The molecule has 0 radical (unpaired) electrons. The number of aromatic nitrogens is 1. The zero-order valence-electron chi connectivity index (χ0n) is 18.9. The summed E-state index contributed by atoms with van der Waals surface area (Å²) in [6.07, 6.45) is 2.74. The van der Waals surface area contributed by atoms with Gasteiger partial charge in [0.05, 0.1) is 24.2 Å². The molecule has 0 spiro atoms. The Morgan fingerprint density at radius 1 is 1.16 bits per heavy atom. The van der Waals surface area contributed by atoms with E-state index in [1.165, 1.54) is 4.31 Å². The zero-order chi connectivity index (χ0) is 22.8. The van der Waals surface area contributed by atoms with Crippen molar-refractivity contribution in [3.63, 3.8) is 0 Å². The maximum absolute atomic E-state index is 13.0. The van der Waals surface area contributed by atoms with E-state index in [0.29, 0.717) is 37.4 Å². The van der Waals surface area contributed by atoms with Crippen LogP contribution in [0.3, 0.4) is 0 Å². The van der Waals surface area contributed by atoms with Gasteiger partial charge in [-0.25, -0.2) is 8.42 Å². The number of methoxy groups -OCH3 is 1. The van der Waals surface area contributed by atoms with E-state index in [4.69, 9.17) is 4.74 Å². The van der Waals surface area contributed by atoms with Crippen LogP contribution in [-0.4, -0.2) is 43.8 Å². The fourth-order valence-electron chi connectivity index (χ4n) is 4.15. The maximum Gasteiger partial charge on any atom is 0.243 e. The minimum Gasteiger partial charge on any atom is -0.496 e. The first-order chi connectivity index (χ1) is 14.6. The molecule has 0 bridgehead atoms. The number of rotatable bonds is 6. The first-order valence-electron chi connectivity index (χ1n) is 10.5. The van der Waals surface area contributed by atoms with Gasteiger partial charge >= 0.3 is 0 Å². The van der Waals surface area contributed by atoms with Gasteiger partial charge in [0.1, 0.15) is 5.75 Å². The SMILES string of the molecule is COc1c(C)cnc(CNC(=O)C2CCN(S(=O)(=O)c3ccc(C)cc3C)CC2)c1C. The quantitative estimate of drug-likeness (QED) is 0.738. The predicted octanol–water partition coefficient (Wildman–Crippen LogP) is 3.04. The lowest BCUT2D eigenvalue weighted by atomic mass is 9.97. The van der Waals surface area contributed by atoms with Crippen molar-refractivity contribution < 1.29 is 17.9 Å². The molecule has 0 atom stereocenters. The van der Waals surface area contributed by atoms with E-state index in [9.17, 15) is 13.2 Å². The van der Waals surface area contributed by atoms with Gasteiger partial charge in [-0.2, -0.15) is 4.31 Å². The second kappa shape index (κ2) is 9.36. The Morgan fingerprint density at radius 2 is 1.84 bits per heavy atom. The topological polar surface area (TPSA) is 88.6 Å². The Morgan fingerprint density at radius 3 is 2.45 bits per heavy atom. The number of amides is 1. The molecule has 31 heavy (non-hydrogen) atoms. The van der Waals surface area contributed by atoms with E-state index in [2.05, 4.69) is 10.3 Å². The van der Waals surface area contributed by atoms with Crippen LogP contribution in [0.1, 0.15) is 40.8 Å². The van der Waals surface area contributed by atoms with Crippen LogP contribution in [-0.2, 0) is 21.4 Å². The van der Waals surface area contributed by atoms with Gasteiger partial charge in [-0.3, -0.25) is 9.78 Å². The number of sulfonamides is 1. The molecule has 3 rings (SSSR count). The van der Waals surface area contributed by atoms with Crippen molar-refractivity contribution in [3.8, 4) is 5.75 Å². The summed E-state index contributed by atoms with van der Waals surface area (Å²) >= 11 is 0. The summed E-state index contributed by atoms with van der Waals surface area (Å²) in [5.41, 5.74) is 4.41. The highest BCUT2D eigenvalue weighted by Gasteiger charge is 2.32. The minimum absolute atomic E-state index is 0.0655. The van der Waals surface area contributed by atoms with Crippen LogP contribution in [0, 0.1) is 33.6 Å². The fourth-order valence-corrected chi connectivity index (χ4v) is 5.83. The van der Waals surface area contributed by atoms with Crippen LogP contribution < -0.4 is 10.1 Å². The molecule has 1 aliphatic heterocycles. The average Bonchev–Trinajstić information content (AvgIpc) is 2.73.